The quantitative estimate of drug-likeness (QED) is 0.219. The first-order valence-electron chi connectivity index (χ1n) is 13.8. The third kappa shape index (κ3) is 9.84. The van der Waals surface area contributed by atoms with Gasteiger partial charge in [0.15, 0.2) is 0 Å². The monoisotopic (exact) mass is 535 g/mol. The van der Waals surface area contributed by atoms with Crippen LogP contribution in [-0.2, 0) is 19.1 Å². The van der Waals surface area contributed by atoms with Crippen LogP contribution in [0, 0.1) is 17.3 Å². The normalized spacial score (nSPS) is 17.9. The minimum absolute atomic E-state index is 0.0378. The number of nitrogens with two attached hydrogens (primary N) is 1. The number of carbonyl (C=O) groups is 2. The minimum Gasteiger partial charge on any atom is -0.484 e. The summed E-state index contributed by atoms with van der Waals surface area (Å²) < 4.78 is 16.5. The zero-order valence-corrected chi connectivity index (χ0v) is 24.1. The van der Waals surface area contributed by atoms with Crippen LogP contribution < -0.4 is 20.7 Å². The van der Waals surface area contributed by atoms with Gasteiger partial charge < -0.3 is 35.3 Å². The van der Waals surface area contributed by atoms with Gasteiger partial charge in [0.25, 0.3) is 0 Å². The van der Waals surface area contributed by atoms with Crippen LogP contribution in [0.5, 0.6) is 5.75 Å². The van der Waals surface area contributed by atoms with Crippen molar-refractivity contribution in [1.82, 2.24) is 5.32 Å². The lowest BCUT2D eigenvalue weighted by Gasteiger charge is -2.37. The molecule has 2 amide bonds. The number of aliphatic hydroxyl groups is 1. The maximum absolute atomic E-state index is 13.5. The molecular formula is C29H49N3O6. The van der Waals surface area contributed by atoms with Crippen molar-refractivity contribution in [3.8, 4) is 5.75 Å². The number of ether oxygens (including phenoxy) is 3. The number of benzene rings is 1. The van der Waals surface area contributed by atoms with Crippen LogP contribution in [0.15, 0.2) is 24.3 Å². The number of methoxy groups -OCH3 is 1. The standard InChI is InChI=1S/C29H49N3O6/c1-7-8-13-31-28(35)22(20(2)3)14-25(33)23(30)15-29(4,5)16-27(34)32-17-21(18-37-19-36-6)38-26-12-10-9-11-24(26)32/h9-12,20-23,25,33H,7-8,13-19,30H2,1-6H3,(H,31,35)/t21-,22+,23-,25-/m0/s1. The zero-order chi connectivity index (χ0) is 28.3. The summed E-state index contributed by atoms with van der Waals surface area (Å²) in [4.78, 5) is 28.0. The predicted octanol–water partition coefficient (Wildman–Crippen LogP) is 3.47. The third-order valence-electron chi connectivity index (χ3n) is 7.02. The Bertz CT molecular complexity index is 878. The minimum atomic E-state index is -0.847. The zero-order valence-electron chi connectivity index (χ0n) is 24.1. The lowest BCUT2D eigenvalue weighted by Crippen LogP contribution is -2.47. The maximum Gasteiger partial charge on any atom is 0.227 e. The summed E-state index contributed by atoms with van der Waals surface area (Å²) >= 11 is 0. The van der Waals surface area contributed by atoms with Crippen molar-refractivity contribution in [2.24, 2.45) is 23.0 Å². The molecule has 2 rings (SSSR count). The highest BCUT2D eigenvalue weighted by Crippen LogP contribution is 2.36. The first-order valence-corrected chi connectivity index (χ1v) is 13.8. The summed E-state index contributed by atoms with van der Waals surface area (Å²) in [6, 6.07) is 6.91. The average Bonchev–Trinajstić information content (AvgIpc) is 2.86. The fraction of sp³-hybridized carbons (Fsp3) is 0.724. The molecule has 38 heavy (non-hydrogen) atoms. The third-order valence-corrected chi connectivity index (χ3v) is 7.02. The Labute approximate surface area is 228 Å². The van der Waals surface area contributed by atoms with Crippen LogP contribution in [0.1, 0.15) is 66.7 Å². The molecule has 9 heteroatoms. The maximum atomic E-state index is 13.5. The molecule has 216 valence electrons. The fourth-order valence-corrected chi connectivity index (χ4v) is 4.87. The van der Waals surface area contributed by atoms with Crippen molar-refractivity contribution in [2.45, 2.75) is 85.0 Å². The molecule has 0 spiro atoms. The molecule has 0 aliphatic carbocycles. The number of nitrogens with zero attached hydrogens (tertiary/aromatic N) is 1. The Morgan fingerprint density at radius 1 is 1.29 bits per heavy atom. The van der Waals surface area contributed by atoms with Gasteiger partial charge in [0.2, 0.25) is 11.8 Å². The van der Waals surface area contributed by atoms with E-state index in [1.54, 1.807) is 12.0 Å². The van der Waals surface area contributed by atoms with Crippen LogP contribution in [0.25, 0.3) is 0 Å². The van der Waals surface area contributed by atoms with Gasteiger partial charge in [-0.2, -0.15) is 0 Å². The number of anilines is 1. The van der Waals surface area contributed by atoms with Gasteiger partial charge in [0.05, 0.1) is 24.9 Å². The Balaban J connectivity index is 2.01. The number of fused-ring (bicyclic) bond motifs is 1. The van der Waals surface area contributed by atoms with Gasteiger partial charge in [-0.3, -0.25) is 9.59 Å². The number of amides is 2. The number of unbranched alkanes of at least 4 members (excludes halogenated alkanes) is 1. The molecule has 9 nitrogen and oxygen atoms in total. The fourth-order valence-electron chi connectivity index (χ4n) is 4.87. The molecule has 0 unspecified atom stereocenters. The second kappa shape index (κ2) is 15.4. The van der Waals surface area contributed by atoms with Crippen LogP contribution in [0.2, 0.25) is 0 Å². The SMILES string of the molecule is CCCCNC(=O)[C@H](C[C@H](O)[C@@H](N)CC(C)(C)CC(=O)N1C[C@@H](COCOC)Oc2ccccc21)C(C)C. The number of hydrogen-bond acceptors (Lipinski definition) is 7. The molecule has 0 fully saturated rings. The van der Waals surface area contributed by atoms with Crippen molar-refractivity contribution in [3.05, 3.63) is 24.3 Å². The molecule has 1 aromatic rings. The first kappa shape index (κ1) is 32.0. The van der Waals surface area contributed by atoms with Crippen molar-refractivity contribution in [2.75, 3.05) is 38.5 Å². The molecule has 4 atom stereocenters. The molecule has 1 aromatic carbocycles. The van der Waals surface area contributed by atoms with Crippen LogP contribution in [0.4, 0.5) is 5.69 Å². The van der Waals surface area contributed by atoms with Crippen LogP contribution >= 0.6 is 0 Å². The van der Waals surface area contributed by atoms with E-state index in [-0.39, 0.29) is 43.0 Å². The molecule has 0 saturated carbocycles. The molecule has 0 saturated heterocycles. The summed E-state index contributed by atoms with van der Waals surface area (Å²) in [5, 5.41) is 13.9. The van der Waals surface area contributed by atoms with Crippen LogP contribution in [0.3, 0.4) is 0 Å². The first-order chi connectivity index (χ1) is 18.0. The molecule has 1 aliphatic heterocycles. The second-order valence-electron chi connectivity index (χ2n) is 11.5. The Morgan fingerprint density at radius 3 is 2.66 bits per heavy atom. The van der Waals surface area contributed by atoms with Gasteiger partial charge in [0.1, 0.15) is 18.6 Å². The van der Waals surface area contributed by atoms with Crippen molar-refractivity contribution in [1.29, 1.82) is 0 Å². The smallest absolute Gasteiger partial charge is 0.227 e. The Morgan fingerprint density at radius 2 is 2.00 bits per heavy atom. The Hall–Kier alpha value is -2.20. The number of aliphatic hydroxyl groups excluding tert-OH is 1. The van der Waals surface area contributed by atoms with E-state index < -0.39 is 17.6 Å². The van der Waals surface area contributed by atoms with Crippen molar-refractivity contribution < 1.29 is 28.9 Å². The van der Waals surface area contributed by atoms with Gasteiger partial charge in [-0.1, -0.05) is 53.2 Å². The second-order valence-corrected chi connectivity index (χ2v) is 11.5. The van der Waals surface area contributed by atoms with Gasteiger partial charge in [-0.05, 0) is 42.7 Å². The highest BCUT2D eigenvalue weighted by Gasteiger charge is 2.35. The lowest BCUT2D eigenvalue weighted by atomic mass is 9.78. The molecule has 1 aliphatic rings. The molecule has 4 N–H and O–H groups in total. The predicted molar refractivity (Wildman–Crippen MR) is 149 cm³/mol. The number of para-hydroxylation sites is 2. The topological polar surface area (TPSA) is 123 Å². The molecular weight excluding hydrogens is 486 g/mol. The molecule has 0 aromatic heterocycles. The number of nitrogens with one attached hydrogen (secondary N) is 1. The van der Waals surface area contributed by atoms with Gasteiger partial charge in [0, 0.05) is 32.0 Å². The molecule has 1 heterocycles. The van der Waals surface area contributed by atoms with E-state index in [0.29, 0.717) is 38.3 Å². The molecule has 0 radical (unpaired) electrons. The van der Waals surface area contributed by atoms with E-state index in [2.05, 4.69) is 12.2 Å². The van der Waals surface area contributed by atoms with E-state index in [9.17, 15) is 14.7 Å². The van der Waals surface area contributed by atoms with E-state index in [0.717, 1.165) is 18.5 Å². The summed E-state index contributed by atoms with van der Waals surface area (Å²) in [7, 11) is 1.56. The summed E-state index contributed by atoms with van der Waals surface area (Å²) in [5.74, 6) is 0.318. The van der Waals surface area contributed by atoms with Crippen molar-refractivity contribution in [3.63, 3.8) is 0 Å². The van der Waals surface area contributed by atoms with E-state index in [4.69, 9.17) is 19.9 Å². The number of hydrogen-bond donors (Lipinski definition) is 3. The van der Waals surface area contributed by atoms with Gasteiger partial charge in [-0.25, -0.2) is 0 Å². The van der Waals surface area contributed by atoms with Gasteiger partial charge >= 0.3 is 0 Å². The molecule has 0 bridgehead atoms. The van der Waals surface area contributed by atoms with Crippen molar-refractivity contribution >= 4 is 17.5 Å². The largest absolute Gasteiger partial charge is 0.484 e. The van der Waals surface area contributed by atoms with E-state index in [1.807, 2.05) is 52.0 Å². The Kier molecular flexibility index (Phi) is 13.0. The van der Waals surface area contributed by atoms with E-state index >= 15 is 0 Å². The number of rotatable bonds is 16. The summed E-state index contributed by atoms with van der Waals surface area (Å²) in [5.41, 5.74) is 6.70. The highest BCUT2D eigenvalue weighted by molar-refractivity contribution is 5.95. The average molecular weight is 536 g/mol. The highest BCUT2D eigenvalue weighted by atomic mass is 16.7. The number of carbonyl (C=O) groups excluding carboxylic acids is 2. The van der Waals surface area contributed by atoms with Gasteiger partial charge in [-0.15, -0.1) is 0 Å². The van der Waals surface area contributed by atoms with Crippen LogP contribution in [-0.4, -0.2) is 68.8 Å². The summed E-state index contributed by atoms with van der Waals surface area (Å²) in [6.07, 6.45) is 1.75. The summed E-state index contributed by atoms with van der Waals surface area (Å²) in [6.45, 7) is 11.5. The van der Waals surface area contributed by atoms with E-state index in [1.165, 1.54) is 0 Å². The lowest BCUT2D eigenvalue weighted by molar-refractivity contribution is -0.127.